The zero-order chi connectivity index (χ0) is 16.9. The standard InChI is InChI=1S/C18H27N3O2.ClH/c1-14(22)21(12-15-6-4-3-5-7-15)11-10-17(23)20-18(2,13-19)16-8-9-16;/h3-7,16H,8-13,19H2,1-2H3,(H,20,23);1H. The first-order chi connectivity index (χ1) is 10.9. The molecule has 1 aromatic carbocycles. The van der Waals surface area contributed by atoms with Crippen LogP contribution in [0.15, 0.2) is 30.3 Å². The third-order valence-corrected chi connectivity index (χ3v) is 4.60. The summed E-state index contributed by atoms with van der Waals surface area (Å²) in [5, 5.41) is 3.06. The van der Waals surface area contributed by atoms with Crippen molar-refractivity contribution in [2.75, 3.05) is 13.1 Å². The molecule has 3 N–H and O–H groups in total. The fourth-order valence-electron chi connectivity index (χ4n) is 2.81. The monoisotopic (exact) mass is 353 g/mol. The lowest BCUT2D eigenvalue weighted by atomic mass is 9.96. The Balaban J connectivity index is 0.00000288. The second-order valence-electron chi connectivity index (χ2n) is 6.62. The van der Waals surface area contributed by atoms with Crippen molar-refractivity contribution in [2.24, 2.45) is 11.7 Å². The van der Waals surface area contributed by atoms with E-state index in [1.165, 1.54) is 6.92 Å². The third-order valence-electron chi connectivity index (χ3n) is 4.60. The van der Waals surface area contributed by atoms with Gasteiger partial charge < -0.3 is 16.0 Å². The second kappa shape index (κ2) is 9.04. The Morgan fingerprint density at radius 1 is 1.29 bits per heavy atom. The molecule has 0 aliphatic heterocycles. The number of amides is 2. The molecule has 0 aromatic heterocycles. The molecule has 0 heterocycles. The van der Waals surface area contributed by atoms with Gasteiger partial charge in [0.15, 0.2) is 0 Å². The maximum absolute atomic E-state index is 12.2. The molecular formula is C18H28ClN3O2. The number of hydrogen-bond donors (Lipinski definition) is 2. The first-order valence-corrected chi connectivity index (χ1v) is 8.25. The van der Waals surface area contributed by atoms with E-state index in [0.717, 1.165) is 18.4 Å². The minimum atomic E-state index is -0.308. The van der Waals surface area contributed by atoms with Gasteiger partial charge in [-0.05, 0) is 31.2 Å². The Morgan fingerprint density at radius 2 is 1.92 bits per heavy atom. The van der Waals surface area contributed by atoms with E-state index in [9.17, 15) is 9.59 Å². The van der Waals surface area contributed by atoms with Gasteiger partial charge >= 0.3 is 0 Å². The molecule has 1 aliphatic rings. The second-order valence-corrected chi connectivity index (χ2v) is 6.62. The van der Waals surface area contributed by atoms with Gasteiger partial charge in [-0.2, -0.15) is 0 Å². The van der Waals surface area contributed by atoms with Crippen molar-refractivity contribution in [3.8, 4) is 0 Å². The number of hydrogen-bond acceptors (Lipinski definition) is 3. The van der Waals surface area contributed by atoms with Crippen LogP contribution >= 0.6 is 12.4 Å². The van der Waals surface area contributed by atoms with Crippen LogP contribution in [0.3, 0.4) is 0 Å². The summed E-state index contributed by atoms with van der Waals surface area (Å²) < 4.78 is 0. The van der Waals surface area contributed by atoms with Gasteiger partial charge in [0.25, 0.3) is 0 Å². The summed E-state index contributed by atoms with van der Waals surface area (Å²) >= 11 is 0. The molecule has 0 bridgehead atoms. The molecule has 1 aliphatic carbocycles. The highest BCUT2D eigenvalue weighted by atomic mass is 35.5. The highest BCUT2D eigenvalue weighted by Crippen LogP contribution is 2.38. The molecule has 6 heteroatoms. The van der Waals surface area contributed by atoms with E-state index in [0.29, 0.717) is 32.0 Å². The average Bonchev–Trinajstić information content (AvgIpc) is 3.37. The minimum absolute atomic E-state index is 0. The summed E-state index contributed by atoms with van der Waals surface area (Å²) in [4.78, 5) is 25.7. The number of nitrogens with one attached hydrogen (secondary N) is 1. The Labute approximate surface area is 150 Å². The third kappa shape index (κ3) is 5.80. The quantitative estimate of drug-likeness (QED) is 0.751. The van der Waals surface area contributed by atoms with Gasteiger partial charge in [-0.25, -0.2) is 0 Å². The van der Waals surface area contributed by atoms with E-state index in [1.54, 1.807) is 4.90 Å². The molecule has 134 valence electrons. The van der Waals surface area contributed by atoms with Crippen LogP contribution in [0.25, 0.3) is 0 Å². The van der Waals surface area contributed by atoms with Gasteiger partial charge in [-0.15, -0.1) is 12.4 Å². The summed E-state index contributed by atoms with van der Waals surface area (Å²) in [6.45, 7) is 4.94. The first kappa shape index (κ1) is 20.5. The van der Waals surface area contributed by atoms with Crippen LogP contribution < -0.4 is 11.1 Å². The fourth-order valence-corrected chi connectivity index (χ4v) is 2.81. The van der Waals surface area contributed by atoms with Crippen molar-refractivity contribution in [1.29, 1.82) is 0 Å². The Kier molecular flexibility index (Phi) is 7.70. The van der Waals surface area contributed by atoms with Crippen molar-refractivity contribution in [1.82, 2.24) is 10.2 Å². The molecule has 5 nitrogen and oxygen atoms in total. The van der Waals surface area contributed by atoms with Crippen molar-refractivity contribution in [3.05, 3.63) is 35.9 Å². The van der Waals surface area contributed by atoms with E-state index in [-0.39, 0.29) is 29.8 Å². The summed E-state index contributed by atoms with van der Waals surface area (Å²) in [7, 11) is 0. The van der Waals surface area contributed by atoms with Gasteiger partial charge in [0, 0.05) is 33.0 Å². The lowest BCUT2D eigenvalue weighted by Gasteiger charge is -2.30. The zero-order valence-corrected chi connectivity index (χ0v) is 15.3. The number of carbonyl (C=O) groups excluding carboxylic acids is 2. The van der Waals surface area contributed by atoms with Gasteiger partial charge in [0.1, 0.15) is 0 Å². The van der Waals surface area contributed by atoms with Crippen molar-refractivity contribution >= 4 is 24.2 Å². The highest BCUT2D eigenvalue weighted by molar-refractivity contribution is 5.85. The summed E-state index contributed by atoms with van der Waals surface area (Å²) in [5.41, 5.74) is 6.58. The van der Waals surface area contributed by atoms with Crippen LogP contribution in [-0.4, -0.2) is 35.3 Å². The number of benzene rings is 1. The van der Waals surface area contributed by atoms with Crippen LogP contribution in [-0.2, 0) is 16.1 Å². The molecule has 1 saturated carbocycles. The van der Waals surface area contributed by atoms with Crippen molar-refractivity contribution in [2.45, 2.75) is 45.2 Å². The molecule has 2 amide bonds. The molecule has 0 radical (unpaired) electrons. The van der Waals surface area contributed by atoms with Crippen LogP contribution in [0.2, 0.25) is 0 Å². The van der Waals surface area contributed by atoms with Gasteiger partial charge in [0.2, 0.25) is 11.8 Å². The van der Waals surface area contributed by atoms with Crippen LogP contribution in [0.4, 0.5) is 0 Å². The van der Waals surface area contributed by atoms with E-state index >= 15 is 0 Å². The maximum atomic E-state index is 12.2. The van der Waals surface area contributed by atoms with Crippen molar-refractivity contribution < 1.29 is 9.59 Å². The topological polar surface area (TPSA) is 75.4 Å². The number of halogens is 1. The summed E-state index contributed by atoms with van der Waals surface area (Å²) in [6.07, 6.45) is 2.55. The molecule has 1 unspecified atom stereocenters. The van der Waals surface area contributed by atoms with Gasteiger partial charge in [0.05, 0.1) is 5.54 Å². The average molecular weight is 354 g/mol. The number of carbonyl (C=O) groups is 2. The Morgan fingerprint density at radius 3 is 2.42 bits per heavy atom. The predicted molar refractivity (Wildman–Crippen MR) is 97.7 cm³/mol. The Hall–Kier alpha value is -1.59. The normalized spacial score (nSPS) is 15.8. The molecule has 24 heavy (non-hydrogen) atoms. The summed E-state index contributed by atoms with van der Waals surface area (Å²) in [5.74, 6) is 0.430. The lowest BCUT2D eigenvalue weighted by Crippen LogP contribution is -2.53. The fraction of sp³-hybridized carbons (Fsp3) is 0.556. The van der Waals surface area contributed by atoms with Crippen LogP contribution in [0.1, 0.15) is 38.7 Å². The molecular weight excluding hydrogens is 326 g/mol. The molecule has 1 atom stereocenters. The number of nitrogens with zero attached hydrogens (tertiary/aromatic N) is 1. The largest absolute Gasteiger partial charge is 0.349 e. The van der Waals surface area contributed by atoms with Gasteiger partial charge in [-0.1, -0.05) is 30.3 Å². The minimum Gasteiger partial charge on any atom is -0.349 e. The smallest absolute Gasteiger partial charge is 0.222 e. The van der Waals surface area contributed by atoms with Crippen LogP contribution in [0, 0.1) is 5.92 Å². The van der Waals surface area contributed by atoms with E-state index in [1.807, 2.05) is 37.3 Å². The molecule has 1 aromatic rings. The van der Waals surface area contributed by atoms with E-state index in [2.05, 4.69) is 5.32 Å². The highest BCUT2D eigenvalue weighted by Gasteiger charge is 2.41. The van der Waals surface area contributed by atoms with Crippen LogP contribution in [0.5, 0.6) is 0 Å². The predicted octanol–water partition coefficient (Wildman–Crippen LogP) is 2.09. The number of nitrogens with two attached hydrogens (primary N) is 1. The first-order valence-electron chi connectivity index (χ1n) is 8.25. The molecule has 0 saturated heterocycles. The summed E-state index contributed by atoms with van der Waals surface area (Å²) in [6, 6.07) is 9.80. The molecule has 1 fully saturated rings. The SMILES string of the molecule is CC(=O)N(CCC(=O)NC(C)(CN)C1CC1)Cc1ccccc1.Cl. The van der Waals surface area contributed by atoms with Crippen molar-refractivity contribution in [3.63, 3.8) is 0 Å². The zero-order valence-electron chi connectivity index (χ0n) is 14.5. The van der Waals surface area contributed by atoms with Gasteiger partial charge in [-0.3, -0.25) is 9.59 Å². The lowest BCUT2D eigenvalue weighted by molar-refractivity contribution is -0.130. The maximum Gasteiger partial charge on any atom is 0.222 e. The molecule has 2 rings (SSSR count). The van der Waals surface area contributed by atoms with E-state index < -0.39 is 0 Å². The number of rotatable bonds is 8. The Bertz CT molecular complexity index is 548. The molecule has 0 spiro atoms. The van der Waals surface area contributed by atoms with E-state index in [4.69, 9.17) is 5.73 Å².